The number of nitrogens with zero attached hydrogens (tertiary/aromatic N) is 5. The number of fused-ring (bicyclic) bond motifs is 9. The molecular formula is C57H35N5S. The van der Waals surface area contributed by atoms with Crippen molar-refractivity contribution in [1.29, 1.82) is 0 Å². The van der Waals surface area contributed by atoms with Crippen LogP contribution in [0.1, 0.15) is 0 Å². The molecule has 5 nitrogen and oxygen atoms in total. The minimum absolute atomic E-state index is 0.691. The number of para-hydroxylation sites is 2. The molecule has 0 bridgehead atoms. The summed E-state index contributed by atoms with van der Waals surface area (Å²) >= 11 is 1.80. The Labute approximate surface area is 366 Å². The van der Waals surface area contributed by atoms with Gasteiger partial charge in [-0.05, 0) is 89.0 Å². The lowest BCUT2D eigenvalue weighted by molar-refractivity contribution is 1.05. The Bertz CT molecular complexity index is 3860. The summed E-state index contributed by atoms with van der Waals surface area (Å²) in [5, 5.41) is 5.99. The van der Waals surface area contributed by atoms with E-state index in [0.29, 0.717) is 5.82 Å². The molecule has 63 heavy (non-hydrogen) atoms. The first-order valence-corrected chi connectivity index (χ1v) is 22.0. The molecule has 0 aliphatic heterocycles. The Morgan fingerprint density at radius 3 is 1.79 bits per heavy atom. The summed E-state index contributed by atoms with van der Waals surface area (Å²) in [5.74, 6) is 1.52. The van der Waals surface area contributed by atoms with Crippen LogP contribution in [0.3, 0.4) is 0 Å². The smallest absolute Gasteiger partial charge is 0.162 e. The van der Waals surface area contributed by atoms with Gasteiger partial charge in [-0.25, -0.2) is 9.97 Å². The Morgan fingerprint density at radius 2 is 0.968 bits per heavy atom. The maximum atomic E-state index is 5.28. The van der Waals surface area contributed by atoms with Crippen molar-refractivity contribution in [3.63, 3.8) is 0 Å². The third-order valence-corrected chi connectivity index (χ3v) is 13.5. The highest BCUT2D eigenvalue weighted by Gasteiger charge is 2.19. The maximum Gasteiger partial charge on any atom is 0.162 e. The fourth-order valence-corrected chi connectivity index (χ4v) is 10.5. The first kappa shape index (κ1) is 35.6. The third kappa shape index (κ3) is 5.80. The van der Waals surface area contributed by atoms with E-state index in [4.69, 9.17) is 15.0 Å². The highest BCUT2D eigenvalue weighted by Crippen LogP contribution is 2.40. The molecule has 0 radical (unpaired) electrons. The van der Waals surface area contributed by atoms with Gasteiger partial charge < -0.3 is 4.57 Å². The number of benzene rings is 8. The molecule has 0 aliphatic carbocycles. The van der Waals surface area contributed by atoms with E-state index >= 15 is 0 Å². The molecule has 5 heterocycles. The lowest BCUT2D eigenvalue weighted by Crippen LogP contribution is -2.02. The first-order chi connectivity index (χ1) is 31.2. The van der Waals surface area contributed by atoms with Crippen molar-refractivity contribution >= 4 is 75.3 Å². The van der Waals surface area contributed by atoms with Gasteiger partial charge in [-0.2, -0.15) is 0 Å². The molecule has 0 spiro atoms. The zero-order valence-electron chi connectivity index (χ0n) is 33.9. The van der Waals surface area contributed by atoms with E-state index in [9.17, 15) is 0 Å². The van der Waals surface area contributed by atoms with Crippen LogP contribution < -0.4 is 0 Å². The molecule has 8 aromatic carbocycles. The van der Waals surface area contributed by atoms with Crippen molar-refractivity contribution in [2.75, 3.05) is 0 Å². The number of rotatable bonds is 6. The topological polar surface area (TPSA) is 48.5 Å². The Hall–Kier alpha value is -8.19. The Kier molecular flexibility index (Phi) is 8.01. The highest BCUT2D eigenvalue weighted by atomic mass is 32.1. The number of aromatic nitrogens is 5. The molecule has 0 saturated heterocycles. The van der Waals surface area contributed by atoms with Crippen LogP contribution in [-0.4, -0.2) is 24.1 Å². The van der Waals surface area contributed by atoms with Crippen LogP contribution in [0.15, 0.2) is 212 Å². The van der Waals surface area contributed by atoms with E-state index in [1.807, 2.05) is 36.5 Å². The average molecular weight is 822 g/mol. The quantitative estimate of drug-likeness (QED) is 0.168. The minimum atomic E-state index is 0.691. The van der Waals surface area contributed by atoms with Crippen molar-refractivity contribution in [2.45, 2.75) is 0 Å². The first-order valence-electron chi connectivity index (χ1n) is 21.2. The standard InChI is InChI=1S/C57H35N5S/c1-3-13-36(14-4-1)48-35-55(60-57(59-48)37-15-5-2-6-16-37)62-50-22-10-7-19-43(50)45-27-24-41(34-52(45)62)39-25-28-51-46(32-39)44-20-8-9-21-49(44)61(51)42-18-11-17-38(31-42)40-26-29-53-47(33-40)56-54(63-53)23-12-30-58-56/h1-35H. The van der Waals surface area contributed by atoms with Gasteiger partial charge in [0.05, 0.1) is 38.0 Å². The summed E-state index contributed by atoms with van der Waals surface area (Å²) in [6.07, 6.45) is 1.89. The largest absolute Gasteiger partial charge is 0.309 e. The van der Waals surface area contributed by atoms with Gasteiger partial charge in [0, 0.05) is 60.7 Å². The fraction of sp³-hybridized carbons (Fsp3) is 0. The van der Waals surface area contributed by atoms with Crippen LogP contribution in [0.25, 0.3) is 120 Å². The monoisotopic (exact) mass is 821 g/mol. The highest BCUT2D eigenvalue weighted by molar-refractivity contribution is 7.25. The van der Waals surface area contributed by atoms with Crippen LogP contribution in [-0.2, 0) is 0 Å². The molecule has 0 aliphatic rings. The Balaban J connectivity index is 0.961. The normalized spacial score (nSPS) is 11.8. The number of hydrogen-bond donors (Lipinski definition) is 0. The van der Waals surface area contributed by atoms with Gasteiger partial charge in [0.15, 0.2) is 5.82 Å². The second-order valence-corrected chi connectivity index (χ2v) is 17.1. The average Bonchev–Trinajstić information content (AvgIpc) is 4.01. The Morgan fingerprint density at radius 1 is 0.349 bits per heavy atom. The second kappa shape index (κ2) is 14.2. The van der Waals surface area contributed by atoms with Gasteiger partial charge in [-0.15, -0.1) is 11.3 Å². The van der Waals surface area contributed by atoms with Crippen molar-refractivity contribution in [1.82, 2.24) is 24.1 Å². The molecule has 0 N–H and O–H groups in total. The van der Waals surface area contributed by atoms with E-state index < -0.39 is 0 Å². The molecular weight excluding hydrogens is 787 g/mol. The summed E-state index contributed by atoms with van der Waals surface area (Å²) in [5.41, 5.74) is 14.3. The van der Waals surface area contributed by atoms with Crippen LogP contribution in [0.2, 0.25) is 0 Å². The molecule has 294 valence electrons. The summed E-state index contributed by atoms with van der Waals surface area (Å²) in [6.45, 7) is 0. The third-order valence-electron chi connectivity index (χ3n) is 12.4. The molecule has 0 fully saturated rings. The lowest BCUT2D eigenvalue weighted by Gasteiger charge is -2.13. The second-order valence-electron chi connectivity index (χ2n) is 16.0. The number of pyridine rings is 1. The molecule has 6 heteroatoms. The SMILES string of the molecule is c1ccc(-c2cc(-n3c4ccccc4c4ccc(-c5ccc6c(c5)c5ccccc5n6-c5cccc(-c6ccc7sc8cccnc8c7c6)c5)cc43)nc(-c3ccccc3)n2)cc1. The molecule has 0 atom stereocenters. The predicted octanol–water partition coefficient (Wildman–Crippen LogP) is 15.1. The van der Waals surface area contributed by atoms with Gasteiger partial charge in [0.2, 0.25) is 0 Å². The van der Waals surface area contributed by atoms with Crippen LogP contribution in [0.4, 0.5) is 0 Å². The molecule has 13 rings (SSSR count). The molecule has 0 saturated carbocycles. The summed E-state index contributed by atoms with van der Waals surface area (Å²) < 4.78 is 7.18. The fourth-order valence-electron chi connectivity index (χ4n) is 9.45. The van der Waals surface area contributed by atoms with Crippen molar-refractivity contribution in [2.24, 2.45) is 0 Å². The molecule has 0 amide bonds. The lowest BCUT2D eigenvalue weighted by atomic mass is 10.0. The van der Waals surface area contributed by atoms with E-state index in [0.717, 1.165) is 56.0 Å². The van der Waals surface area contributed by atoms with Gasteiger partial charge in [-0.1, -0.05) is 133 Å². The van der Waals surface area contributed by atoms with Crippen molar-refractivity contribution in [3.05, 3.63) is 212 Å². The molecule has 0 unspecified atom stereocenters. The predicted molar refractivity (Wildman–Crippen MR) is 263 cm³/mol. The molecule has 13 aromatic rings. The van der Waals surface area contributed by atoms with Crippen molar-refractivity contribution in [3.8, 4) is 56.4 Å². The zero-order chi connectivity index (χ0) is 41.4. The van der Waals surface area contributed by atoms with E-state index in [2.05, 4.69) is 185 Å². The summed E-state index contributed by atoms with van der Waals surface area (Å²) in [6, 6.07) is 73.8. The van der Waals surface area contributed by atoms with E-state index in [1.54, 1.807) is 11.3 Å². The number of hydrogen-bond acceptors (Lipinski definition) is 4. The number of thiophene rings is 1. The van der Waals surface area contributed by atoms with Crippen molar-refractivity contribution < 1.29 is 0 Å². The van der Waals surface area contributed by atoms with Gasteiger partial charge >= 0.3 is 0 Å². The van der Waals surface area contributed by atoms with Crippen LogP contribution in [0, 0.1) is 0 Å². The van der Waals surface area contributed by atoms with Gasteiger partial charge in [0.25, 0.3) is 0 Å². The summed E-state index contributed by atoms with van der Waals surface area (Å²) in [7, 11) is 0. The van der Waals surface area contributed by atoms with E-state index in [-0.39, 0.29) is 0 Å². The minimum Gasteiger partial charge on any atom is -0.309 e. The van der Waals surface area contributed by atoms with Crippen LogP contribution in [0.5, 0.6) is 0 Å². The summed E-state index contributed by atoms with van der Waals surface area (Å²) in [4.78, 5) is 15.1. The molecule has 5 aromatic heterocycles. The maximum absolute atomic E-state index is 5.28. The zero-order valence-corrected chi connectivity index (χ0v) is 34.7. The van der Waals surface area contributed by atoms with E-state index in [1.165, 1.54) is 58.5 Å². The van der Waals surface area contributed by atoms with Gasteiger partial charge in [-0.3, -0.25) is 9.55 Å². The van der Waals surface area contributed by atoms with Crippen LogP contribution >= 0.6 is 11.3 Å². The van der Waals surface area contributed by atoms with Gasteiger partial charge in [0.1, 0.15) is 5.82 Å².